The highest BCUT2D eigenvalue weighted by Crippen LogP contribution is 2.28. The number of fused-ring (bicyclic) bond motifs is 1. The van der Waals surface area contributed by atoms with Crippen LogP contribution >= 0.6 is 0 Å². The van der Waals surface area contributed by atoms with Crippen molar-refractivity contribution in [2.24, 2.45) is 7.05 Å². The van der Waals surface area contributed by atoms with Crippen LogP contribution in [-0.4, -0.2) is 58.2 Å². The molecular weight excluding hydrogens is 473 g/mol. The molecule has 4 aromatic rings. The maximum Gasteiger partial charge on any atom is 0.268 e. The Morgan fingerprint density at radius 1 is 1.20 bits per heavy atom. The molecule has 1 unspecified atom stereocenters. The first kappa shape index (κ1) is 23.0. The molecule has 1 fully saturated rings. The Balaban J connectivity index is 1.37. The van der Waals surface area contributed by atoms with Crippen LogP contribution in [0.25, 0.3) is 10.9 Å². The molecule has 1 atom stereocenters. The van der Waals surface area contributed by atoms with E-state index in [4.69, 9.17) is 0 Å². The number of H-pyrrole nitrogens is 1. The van der Waals surface area contributed by atoms with Crippen molar-refractivity contribution in [1.29, 1.82) is 0 Å². The highest BCUT2D eigenvalue weighted by molar-refractivity contribution is 7.91. The van der Waals surface area contributed by atoms with Gasteiger partial charge in [0.2, 0.25) is 15.8 Å². The van der Waals surface area contributed by atoms with Crippen molar-refractivity contribution in [3.05, 3.63) is 60.1 Å². The van der Waals surface area contributed by atoms with Gasteiger partial charge in [-0.05, 0) is 44.0 Å². The van der Waals surface area contributed by atoms with Crippen LogP contribution in [0.2, 0.25) is 0 Å². The van der Waals surface area contributed by atoms with Crippen molar-refractivity contribution >= 4 is 32.6 Å². The number of piperidine rings is 1. The van der Waals surface area contributed by atoms with Crippen LogP contribution in [0.1, 0.15) is 29.0 Å². The van der Waals surface area contributed by atoms with Crippen molar-refractivity contribution in [3.8, 4) is 0 Å². The molecule has 5 rings (SSSR count). The summed E-state index contributed by atoms with van der Waals surface area (Å²) < 4.78 is 41.5. The van der Waals surface area contributed by atoms with Crippen molar-refractivity contribution in [3.63, 3.8) is 0 Å². The molecule has 1 aromatic carbocycles. The minimum absolute atomic E-state index is 0.0815. The van der Waals surface area contributed by atoms with Gasteiger partial charge in [0.05, 0.1) is 33.9 Å². The number of halogens is 1. The van der Waals surface area contributed by atoms with Gasteiger partial charge in [-0.2, -0.15) is 5.10 Å². The molecule has 10 nitrogen and oxygen atoms in total. The van der Waals surface area contributed by atoms with Crippen LogP contribution in [0, 0.1) is 12.7 Å². The number of anilines is 1. The molecule has 3 aromatic heterocycles. The number of nitrogens with one attached hydrogen (secondary N) is 2. The Morgan fingerprint density at radius 3 is 2.74 bits per heavy atom. The summed E-state index contributed by atoms with van der Waals surface area (Å²) in [6.45, 7) is 2.84. The summed E-state index contributed by atoms with van der Waals surface area (Å²) in [5.74, 6) is -0.470. The quantitative estimate of drug-likeness (QED) is 0.434. The number of hydrogen-bond donors (Lipinski definition) is 2. The Bertz CT molecular complexity index is 1510. The van der Waals surface area contributed by atoms with Gasteiger partial charge in [-0.15, -0.1) is 0 Å². The lowest BCUT2D eigenvalue weighted by atomic mass is 10.1. The zero-order valence-corrected chi connectivity index (χ0v) is 20.0. The largest absolute Gasteiger partial charge is 0.346 e. The summed E-state index contributed by atoms with van der Waals surface area (Å²) in [4.78, 5) is 23.3. The molecule has 182 valence electrons. The predicted molar refractivity (Wildman–Crippen MR) is 126 cm³/mol. The predicted octanol–water partition coefficient (Wildman–Crippen LogP) is 2.37. The fraction of sp³-hybridized carbons (Fsp3) is 0.304. The molecule has 0 aliphatic carbocycles. The van der Waals surface area contributed by atoms with Gasteiger partial charge < -0.3 is 14.8 Å². The van der Waals surface area contributed by atoms with E-state index in [2.05, 4.69) is 25.5 Å². The molecule has 1 amide bonds. The highest BCUT2D eigenvalue weighted by Gasteiger charge is 2.29. The van der Waals surface area contributed by atoms with Gasteiger partial charge in [0.1, 0.15) is 5.69 Å². The standard InChI is InChI=1S/C23H24FN7O3S/c1-14-21(35(33,34)18-5-6-19-15(8-18)10-27-29-19)9-20(30(14)2)22(32)28-17-4-3-7-31(13-17)23-25-11-16(24)12-26-23/h5-6,8-12,17H,3-4,7,13H2,1-2H3,(H,27,29)(H,28,32). The third kappa shape index (κ3) is 4.25. The zero-order valence-electron chi connectivity index (χ0n) is 19.2. The Morgan fingerprint density at radius 2 is 1.97 bits per heavy atom. The lowest BCUT2D eigenvalue weighted by Crippen LogP contribution is -2.48. The lowest BCUT2D eigenvalue weighted by molar-refractivity contribution is 0.0924. The average molecular weight is 498 g/mol. The van der Waals surface area contributed by atoms with E-state index in [-0.39, 0.29) is 27.4 Å². The number of aromatic amines is 1. The second-order valence-electron chi connectivity index (χ2n) is 8.62. The molecule has 0 spiro atoms. The summed E-state index contributed by atoms with van der Waals surface area (Å²) in [5.41, 5.74) is 1.45. The Labute approximate surface area is 201 Å². The molecule has 0 saturated carbocycles. The number of aromatic nitrogens is 5. The van der Waals surface area contributed by atoms with Crippen LogP contribution in [0.5, 0.6) is 0 Å². The van der Waals surface area contributed by atoms with Gasteiger partial charge in [-0.1, -0.05) is 0 Å². The van der Waals surface area contributed by atoms with Gasteiger partial charge in [0.15, 0.2) is 5.82 Å². The summed E-state index contributed by atoms with van der Waals surface area (Å²) in [6.07, 6.45) is 5.35. The molecule has 1 aliphatic rings. The number of amides is 1. The third-order valence-corrected chi connectivity index (χ3v) is 8.25. The number of rotatable bonds is 5. The molecule has 1 aliphatic heterocycles. The Hall–Kier alpha value is -3.80. The first-order chi connectivity index (χ1) is 16.7. The second-order valence-corrected chi connectivity index (χ2v) is 10.5. The van der Waals surface area contributed by atoms with Gasteiger partial charge in [0.25, 0.3) is 5.91 Å². The average Bonchev–Trinajstić information content (AvgIpc) is 3.44. The van der Waals surface area contributed by atoms with Crippen molar-refractivity contribution < 1.29 is 17.6 Å². The molecular formula is C23H24FN7O3S. The summed E-state index contributed by atoms with van der Waals surface area (Å²) in [5, 5.41) is 10.4. The van der Waals surface area contributed by atoms with E-state index in [0.717, 1.165) is 30.8 Å². The summed E-state index contributed by atoms with van der Waals surface area (Å²) in [6, 6.07) is 5.98. The minimum Gasteiger partial charge on any atom is -0.346 e. The van der Waals surface area contributed by atoms with E-state index in [1.807, 2.05) is 4.90 Å². The fourth-order valence-electron chi connectivity index (χ4n) is 4.38. The third-order valence-electron chi connectivity index (χ3n) is 6.38. The van der Waals surface area contributed by atoms with Crippen LogP contribution in [-0.2, 0) is 16.9 Å². The number of sulfone groups is 1. The van der Waals surface area contributed by atoms with E-state index >= 15 is 0 Å². The molecule has 1 saturated heterocycles. The van der Waals surface area contributed by atoms with Crippen LogP contribution in [0.4, 0.5) is 10.3 Å². The molecule has 0 radical (unpaired) electrons. The maximum absolute atomic E-state index is 13.4. The zero-order chi connectivity index (χ0) is 24.7. The summed E-state index contributed by atoms with van der Waals surface area (Å²) >= 11 is 0. The highest BCUT2D eigenvalue weighted by atomic mass is 32.2. The van der Waals surface area contributed by atoms with Crippen molar-refractivity contribution in [2.75, 3.05) is 18.0 Å². The van der Waals surface area contributed by atoms with Gasteiger partial charge in [0, 0.05) is 37.3 Å². The van der Waals surface area contributed by atoms with E-state index < -0.39 is 15.7 Å². The maximum atomic E-state index is 13.4. The number of carbonyl (C=O) groups is 1. The van der Waals surface area contributed by atoms with E-state index in [0.29, 0.717) is 30.1 Å². The molecule has 4 heterocycles. The SMILES string of the molecule is Cc1c(S(=O)(=O)c2ccc3[nH]ncc3c2)cc(C(=O)NC2CCCN(c3ncc(F)cn3)C2)n1C. The van der Waals surface area contributed by atoms with E-state index in [1.165, 1.54) is 12.1 Å². The molecule has 35 heavy (non-hydrogen) atoms. The first-order valence-corrected chi connectivity index (χ1v) is 12.6. The van der Waals surface area contributed by atoms with Crippen LogP contribution < -0.4 is 10.2 Å². The topological polar surface area (TPSA) is 126 Å². The van der Waals surface area contributed by atoms with Crippen molar-refractivity contribution in [2.45, 2.75) is 35.6 Å². The number of benzene rings is 1. The van der Waals surface area contributed by atoms with Gasteiger partial charge in [-0.3, -0.25) is 9.89 Å². The normalized spacial score (nSPS) is 16.5. The molecule has 2 N–H and O–H groups in total. The van der Waals surface area contributed by atoms with Gasteiger partial charge in [-0.25, -0.2) is 22.8 Å². The minimum atomic E-state index is -3.85. The number of carbonyl (C=O) groups excluding carboxylic acids is 1. The van der Waals surface area contributed by atoms with Crippen LogP contribution in [0.3, 0.4) is 0 Å². The number of hydrogen-bond acceptors (Lipinski definition) is 7. The smallest absolute Gasteiger partial charge is 0.268 e. The summed E-state index contributed by atoms with van der Waals surface area (Å²) in [7, 11) is -2.18. The van der Waals surface area contributed by atoms with E-state index in [9.17, 15) is 17.6 Å². The number of nitrogens with zero attached hydrogens (tertiary/aromatic N) is 5. The fourth-order valence-corrected chi connectivity index (χ4v) is 5.96. The molecule has 0 bridgehead atoms. The van der Waals surface area contributed by atoms with Crippen molar-refractivity contribution in [1.82, 2.24) is 30.0 Å². The first-order valence-electron chi connectivity index (χ1n) is 11.1. The Kier molecular flexibility index (Phi) is 5.75. The molecule has 12 heteroatoms. The van der Waals surface area contributed by atoms with E-state index in [1.54, 1.807) is 36.9 Å². The van der Waals surface area contributed by atoms with Crippen LogP contribution in [0.15, 0.2) is 52.6 Å². The lowest BCUT2D eigenvalue weighted by Gasteiger charge is -2.33. The second kappa shape index (κ2) is 8.77. The monoisotopic (exact) mass is 497 g/mol. The van der Waals surface area contributed by atoms with Gasteiger partial charge >= 0.3 is 0 Å².